The Bertz CT molecular complexity index is 535. The minimum absolute atomic E-state index is 0.643. The third-order valence-electron chi connectivity index (χ3n) is 3.42. The highest BCUT2D eigenvalue weighted by molar-refractivity contribution is 5.63. The molecule has 0 aliphatic heterocycles. The van der Waals surface area contributed by atoms with Crippen LogP contribution in [0.3, 0.4) is 0 Å². The van der Waals surface area contributed by atoms with Crippen LogP contribution in [-0.2, 0) is 6.42 Å². The number of aromatic amines is 1. The highest BCUT2D eigenvalue weighted by atomic mass is 15.2. The van der Waals surface area contributed by atoms with Crippen LogP contribution in [0.2, 0.25) is 0 Å². The van der Waals surface area contributed by atoms with E-state index < -0.39 is 0 Å². The summed E-state index contributed by atoms with van der Waals surface area (Å²) in [5.74, 6) is 1.66. The molecule has 1 aromatic heterocycles. The lowest BCUT2D eigenvalue weighted by molar-refractivity contribution is 0.647. The van der Waals surface area contributed by atoms with E-state index >= 15 is 0 Å². The van der Waals surface area contributed by atoms with Gasteiger partial charge in [-0.15, -0.1) is 0 Å². The second kappa shape index (κ2) is 5.08. The van der Waals surface area contributed by atoms with Crippen LogP contribution in [0.4, 0.5) is 5.82 Å². The third-order valence-corrected chi connectivity index (χ3v) is 3.42. The van der Waals surface area contributed by atoms with Crippen molar-refractivity contribution in [2.24, 2.45) is 5.92 Å². The Kier molecular flexibility index (Phi) is 3.28. The third kappa shape index (κ3) is 3.16. The van der Waals surface area contributed by atoms with Crippen molar-refractivity contribution in [1.29, 1.82) is 0 Å². The van der Waals surface area contributed by atoms with Gasteiger partial charge in [0.2, 0.25) is 0 Å². The lowest BCUT2D eigenvalue weighted by Crippen LogP contribution is -2.00. The van der Waals surface area contributed by atoms with Crippen molar-refractivity contribution in [1.82, 2.24) is 10.2 Å². The molecule has 0 atom stereocenters. The van der Waals surface area contributed by atoms with E-state index in [2.05, 4.69) is 59.7 Å². The summed E-state index contributed by atoms with van der Waals surface area (Å²) in [6.07, 6.45) is 3.68. The zero-order chi connectivity index (χ0) is 13.2. The second-order valence-corrected chi connectivity index (χ2v) is 5.88. The summed E-state index contributed by atoms with van der Waals surface area (Å²) >= 11 is 0. The molecule has 100 valence electrons. The Labute approximate surface area is 114 Å². The maximum Gasteiger partial charge on any atom is 0.148 e. The fourth-order valence-corrected chi connectivity index (χ4v) is 2.27. The second-order valence-electron chi connectivity index (χ2n) is 5.88. The number of anilines is 1. The van der Waals surface area contributed by atoms with Gasteiger partial charge in [0.25, 0.3) is 0 Å². The molecule has 0 amide bonds. The first-order valence-corrected chi connectivity index (χ1v) is 7.12. The average molecular weight is 255 g/mol. The van der Waals surface area contributed by atoms with Crippen molar-refractivity contribution >= 4 is 5.82 Å². The van der Waals surface area contributed by atoms with Gasteiger partial charge in [-0.1, -0.05) is 38.1 Å². The number of nitrogens with zero attached hydrogens (tertiary/aromatic N) is 1. The molecule has 2 N–H and O–H groups in total. The summed E-state index contributed by atoms with van der Waals surface area (Å²) in [6, 6.07) is 11.5. The van der Waals surface area contributed by atoms with Crippen LogP contribution < -0.4 is 5.32 Å². The van der Waals surface area contributed by atoms with Crippen molar-refractivity contribution in [2.75, 3.05) is 5.32 Å². The molecular weight excluding hydrogens is 234 g/mol. The molecule has 1 saturated carbocycles. The normalized spacial score (nSPS) is 14.9. The summed E-state index contributed by atoms with van der Waals surface area (Å²) in [6.45, 7) is 4.50. The Balaban J connectivity index is 1.71. The van der Waals surface area contributed by atoms with Crippen LogP contribution in [0.1, 0.15) is 32.3 Å². The lowest BCUT2D eigenvalue weighted by Gasteiger charge is -2.05. The van der Waals surface area contributed by atoms with Gasteiger partial charge in [-0.25, -0.2) is 0 Å². The number of aromatic nitrogens is 2. The molecule has 1 heterocycles. The Hall–Kier alpha value is -1.77. The molecule has 19 heavy (non-hydrogen) atoms. The molecule has 1 fully saturated rings. The topological polar surface area (TPSA) is 40.7 Å². The largest absolute Gasteiger partial charge is 0.366 e. The van der Waals surface area contributed by atoms with Crippen molar-refractivity contribution in [3.8, 4) is 11.3 Å². The molecule has 0 spiro atoms. The number of benzene rings is 1. The molecule has 1 aliphatic carbocycles. The quantitative estimate of drug-likeness (QED) is 0.852. The molecular formula is C16H21N3. The SMILES string of the molecule is CC(C)Cc1ccc(-c2cc(NC3CC3)n[nH]2)cc1. The molecule has 1 aliphatic rings. The molecule has 3 heteroatoms. The van der Waals surface area contributed by atoms with Gasteiger partial charge in [0.05, 0.1) is 5.69 Å². The Morgan fingerprint density at radius 1 is 1.26 bits per heavy atom. The molecule has 0 radical (unpaired) electrons. The minimum atomic E-state index is 0.643. The number of nitrogens with one attached hydrogen (secondary N) is 2. The van der Waals surface area contributed by atoms with Gasteiger partial charge in [-0.05, 0) is 36.3 Å². The van der Waals surface area contributed by atoms with Gasteiger partial charge in [-0.3, -0.25) is 5.10 Å². The first-order chi connectivity index (χ1) is 9.20. The van der Waals surface area contributed by atoms with Gasteiger partial charge >= 0.3 is 0 Å². The van der Waals surface area contributed by atoms with E-state index in [-0.39, 0.29) is 0 Å². The van der Waals surface area contributed by atoms with Crippen LogP contribution in [0.5, 0.6) is 0 Å². The highest BCUT2D eigenvalue weighted by Gasteiger charge is 2.21. The smallest absolute Gasteiger partial charge is 0.148 e. The maximum atomic E-state index is 4.31. The summed E-state index contributed by atoms with van der Waals surface area (Å²) in [4.78, 5) is 0. The van der Waals surface area contributed by atoms with Crippen molar-refractivity contribution in [2.45, 2.75) is 39.2 Å². The maximum absolute atomic E-state index is 4.31. The molecule has 0 bridgehead atoms. The summed E-state index contributed by atoms with van der Waals surface area (Å²) < 4.78 is 0. The highest BCUT2D eigenvalue weighted by Crippen LogP contribution is 2.26. The molecule has 0 unspecified atom stereocenters. The van der Waals surface area contributed by atoms with E-state index in [1.165, 1.54) is 24.0 Å². The van der Waals surface area contributed by atoms with Gasteiger partial charge in [0.1, 0.15) is 5.82 Å². The number of hydrogen-bond acceptors (Lipinski definition) is 2. The van der Waals surface area contributed by atoms with E-state index in [0.717, 1.165) is 17.9 Å². The first kappa shape index (κ1) is 12.3. The summed E-state index contributed by atoms with van der Waals surface area (Å²) in [5.41, 5.74) is 3.68. The molecule has 0 saturated heterocycles. The van der Waals surface area contributed by atoms with E-state index in [1.807, 2.05) is 0 Å². The summed E-state index contributed by atoms with van der Waals surface area (Å²) in [7, 11) is 0. The van der Waals surface area contributed by atoms with Crippen molar-refractivity contribution < 1.29 is 0 Å². The molecule has 3 nitrogen and oxygen atoms in total. The number of rotatable bonds is 5. The minimum Gasteiger partial charge on any atom is -0.366 e. The Morgan fingerprint density at radius 2 is 2.00 bits per heavy atom. The molecule has 3 rings (SSSR count). The Morgan fingerprint density at radius 3 is 2.63 bits per heavy atom. The molecule has 1 aromatic carbocycles. The van der Waals surface area contributed by atoms with E-state index in [0.29, 0.717) is 12.0 Å². The fourth-order valence-electron chi connectivity index (χ4n) is 2.27. The van der Waals surface area contributed by atoms with Crippen LogP contribution in [0, 0.1) is 5.92 Å². The zero-order valence-corrected chi connectivity index (χ0v) is 11.6. The monoisotopic (exact) mass is 255 g/mol. The standard InChI is InChI=1S/C16H21N3/c1-11(2)9-12-3-5-13(6-4-12)15-10-16(19-18-15)17-14-7-8-14/h3-6,10-11,14H,7-9H2,1-2H3,(H2,17,18,19). The van der Waals surface area contributed by atoms with Crippen LogP contribution in [-0.4, -0.2) is 16.2 Å². The van der Waals surface area contributed by atoms with E-state index in [4.69, 9.17) is 0 Å². The zero-order valence-electron chi connectivity index (χ0n) is 11.6. The predicted molar refractivity (Wildman–Crippen MR) is 79.2 cm³/mol. The van der Waals surface area contributed by atoms with Crippen LogP contribution >= 0.6 is 0 Å². The van der Waals surface area contributed by atoms with Gasteiger partial charge in [0.15, 0.2) is 0 Å². The predicted octanol–water partition coefficient (Wildman–Crippen LogP) is 3.85. The summed E-state index contributed by atoms with van der Waals surface area (Å²) in [5, 5.41) is 10.8. The average Bonchev–Trinajstić information content (AvgIpc) is 3.06. The first-order valence-electron chi connectivity index (χ1n) is 7.12. The van der Waals surface area contributed by atoms with Gasteiger partial charge < -0.3 is 5.32 Å². The molecule has 2 aromatic rings. The fraction of sp³-hybridized carbons (Fsp3) is 0.438. The van der Waals surface area contributed by atoms with Gasteiger partial charge in [-0.2, -0.15) is 5.10 Å². The van der Waals surface area contributed by atoms with Gasteiger partial charge in [0, 0.05) is 12.1 Å². The van der Waals surface area contributed by atoms with E-state index in [1.54, 1.807) is 0 Å². The van der Waals surface area contributed by atoms with Crippen LogP contribution in [0.25, 0.3) is 11.3 Å². The lowest BCUT2D eigenvalue weighted by atomic mass is 10.0. The number of hydrogen-bond donors (Lipinski definition) is 2. The van der Waals surface area contributed by atoms with Crippen LogP contribution in [0.15, 0.2) is 30.3 Å². The van der Waals surface area contributed by atoms with E-state index in [9.17, 15) is 0 Å². The van der Waals surface area contributed by atoms with Crippen molar-refractivity contribution in [3.63, 3.8) is 0 Å². The van der Waals surface area contributed by atoms with Crippen molar-refractivity contribution in [3.05, 3.63) is 35.9 Å². The number of H-pyrrole nitrogens is 1.